The number of carbonyl (C=O) groups is 1. The van der Waals surface area contributed by atoms with E-state index in [9.17, 15) is 22.4 Å². The van der Waals surface area contributed by atoms with Gasteiger partial charge in [0, 0.05) is 13.1 Å². The van der Waals surface area contributed by atoms with Crippen LogP contribution in [-0.2, 0) is 4.79 Å². The van der Waals surface area contributed by atoms with Crippen LogP contribution in [0.4, 0.5) is 17.6 Å². The van der Waals surface area contributed by atoms with Gasteiger partial charge < -0.3 is 5.11 Å². The van der Waals surface area contributed by atoms with Crippen LogP contribution in [0, 0.1) is 0 Å². The zero-order valence-electron chi connectivity index (χ0n) is 7.09. The number of alkyl halides is 4. The molecule has 1 rings (SSSR count). The van der Waals surface area contributed by atoms with Crippen molar-refractivity contribution in [2.45, 2.75) is 18.3 Å². The maximum absolute atomic E-state index is 12.6. The number of rotatable bonds is 3. The maximum Gasteiger partial charge on any atom is 0.375 e. The molecule has 1 saturated heterocycles. The largest absolute Gasteiger partial charge is 0.477 e. The summed E-state index contributed by atoms with van der Waals surface area (Å²) in [5.41, 5.74) is 0. The predicted molar refractivity (Wildman–Crippen MR) is 38.8 cm³/mol. The first-order valence-corrected chi connectivity index (χ1v) is 3.94. The standard InChI is InChI=1S/C7H9F4NO2/c8-4-1-12(2-5(4)9)3-7(10,11)6(13)14/h4-5H,1-3H2,(H,13,14). The summed E-state index contributed by atoms with van der Waals surface area (Å²) < 4.78 is 50.2. The SMILES string of the molecule is O=C(O)C(F)(F)CN1CC(F)C(F)C1. The fourth-order valence-electron chi connectivity index (χ4n) is 1.27. The number of halogens is 4. The molecule has 2 atom stereocenters. The third kappa shape index (κ3) is 2.34. The van der Waals surface area contributed by atoms with Gasteiger partial charge in [0.25, 0.3) is 0 Å². The molecule has 0 spiro atoms. The van der Waals surface area contributed by atoms with Crippen molar-refractivity contribution in [2.75, 3.05) is 19.6 Å². The van der Waals surface area contributed by atoms with E-state index in [1.54, 1.807) is 0 Å². The van der Waals surface area contributed by atoms with Gasteiger partial charge in [-0.2, -0.15) is 8.78 Å². The molecular weight excluding hydrogens is 206 g/mol. The first kappa shape index (κ1) is 11.2. The summed E-state index contributed by atoms with van der Waals surface area (Å²) in [7, 11) is 0. The zero-order chi connectivity index (χ0) is 10.9. The molecule has 1 N–H and O–H groups in total. The molecule has 1 heterocycles. The Kier molecular flexibility index (Phi) is 2.98. The fourth-order valence-corrected chi connectivity index (χ4v) is 1.27. The Morgan fingerprint density at radius 2 is 1.79 bits per heavy atom. The van der Waals surface area contributed by atoms with E-state index in [1.165, 1.54) is 0 Å². The molecule has 0 amide bonds. The Labute approximate surface area is 77.3 Å². The van der Waals surface area contributed by atoms with E-state index in [0.717, 1.165) is 4.90 Å². The lowest BCUT2D eigenvalue weighted by atomic mass is 10.3. The summed E-state index contributed by atoms with van der Waals surface area (Å²) in [5, 5.41) is 8.07. The average Bonchev–Trinajstić information content (AvgIpc) is 2.29. The van der Waals surface area contributed by atoms with Gasteiger partial charge >= 0.3 is 11.9 Å². The molecule has 0 radical (unpaired) electrons. The van der Waals surface area contributed by atoms with E-state index in [2.05, 4.69) is 0 Å². The maximum atomic E-state index is 12.6. The minimum absolute atomic E-state index is 0.482. The van der Waals surface area contributed by atoms with E-state index >= 15 is 0 Å². The number of carboxylic acids is 1. The molecule has 0 aromatic carbocycles. The van der Waals surface area contributed by atoms with E-state index in [1.807, 2.05) is 0 Å². The van der Waals surface area contributed by atoms with Crippen molar-refractivity contribution in [3.8, 4) is 0 Å². The zero-order valence-corrected chi connectivity index (χ0v) is 7.09. The van der Waals surface area contributed by atoms with Crippen LogP contribution in [-0.4, -0.2) is 53.9 Å². The molecule has 0 saturated carbocycles. The molecule has 1 fully saturated rings. The molecule has 0 aromatic rings. The third-order valence-corrected chi connectivity index (χ3v) is 1.99. The van der Waals surface area contributed by atoms with Crippen LogP contribution in [0.1, 0.15) is 0 Å². The summed E-state index contributed by atoms with van der Waals surface area (Å²) >= 11 is 0. The second-order valence-corrected chi connectivity index (χ2v) is 3.24. The Morgan fingerprint density at radius 1 is 1.36 bits per heavy atom. The van der Waals surface area contributed by atoms with E-state index in [4.69, 9.17) is 5.11 Å². The predicted octanol–water partition coefficient (Wildman–Crippen LogP) is 0.698. The second kappa shape index (κ2) is 3.72. The summed E-state index contributed by atoms with van der Waals surface area (Å²) in [5.74, 6) is -6.24. The van der Waals surface area contributed by atoms with Gasteiger partial charge in [0.15, 0.2) is 0 Å². The first-order valence-electron chi connectivity index (χ1n) is 3.94. The lowest BCUT2D eigenvalue weighted by Gasteiger charge is -2.19. The highest BCUT2D eigenvalue weighted by molar-refractivity contribution is 5.75. The summed E-state index contributed by atoms with van der Waals surface area (Å²) in [6.45, 7) is -2.11. The highest BCUT2D eigenvalue weighted by Crippen LogP contribution is 2.22. The van der Waals surface area contributed by atoms with Crippen molar-refractivity contribution in [1.29, 1.82) is 0 Å². The molecule has 0 aliphatic carbocycles. The van der Waals surface area contributed by atoms with Crippen molar-refractivity contribution in [3.63, 3.8) is 0 Å². The molecule has 14 heavy (non-hydrogen) atoms. The molecule has 3 nitrogen and oxygen atoms in total. The van der Waals surface area contributed by atoms with Crippen molar-refractivity contribution in [1.82, 2.24) is 4.90 Å². The van der Waals surface area contributed by atoms with Crippen LogP contribution < -0.4 is 0 Å². The van der Waals surface area contributed by atoms with Crippen LogP contribution in [0.15, 0.2) is 0 Å². The van der Waals surface area contributed by atoms with Crippen LogP contribution in [0.2, 0.25) is 0 Å². The molecular formula is C7H9F4NO2. The Hall–Kier alpha value is -0.850. The quantitative estimate of drug-likeness (QED) is 0.704. The van der Waals surface area contributed by atoms with Crippen LogP contribution in [0.5, 0.6) is 0 Å². The van der Waals surface area contributed by atoms with Gasteiger partial charge in [-0.3, -0.25) is 4.90 Å². The van der Waals surface area contributed by atoms with Gasteiger partial charge in [-0.25, -0.2) is 13.6 Å². The molecule has 1 aliphatic rings. The van der Waals surface area contributed by atoms with Crippen molar-refractivity contribution >= 4 is 5.97 Å². The Balaban J connectivity index is 2.50. The number of likely N-dealkylation sites (tertiary alicyclic amines) is 1. The molecule has 0 aromatic heterocycles. The van der Waals surface area contributed by atoms with E-state index < -0.39 is 43.9 Å². The Bertz CT molecular complexity index is 226. The third-order valence-electron chi connectivity index (χ3n) is 1.99. The number of carboxylic acid groups (broad SMARTS) is 1. The normalized spacial score (nSPS) is 29.4. The van der Waals surface area contributed by atoms with Crippen molar-refractivity contribution in [2.24, 2.45) is 0 Å². The van der Waals surface area contributed by atoms with Gasteiger partial charge in [-0.1, -0.05) is 0 Å². The number of hydrogen-bond donors (Lipinski definition) is 1. The molecule has 7 heteroatoms. The number of hydrogen-bond acceptors (Lipinski definition) is 2. The Morgan fingerprint density at radius 3 is 2.14 bits per heavy atom. The highest BCUT2D eigenvalue weighted by Gasteiger charge is 2.44. The highest BCUT2D eigenvalue weighted by atomic mass is 19.3. The van der Waals surface area contributed by atoms with E-state index in [-0.39, 0.29) is 0 Å². The van der Waals surface area contributed by atoms with Crippen LogP contribution >= 0.6 is 0 Å². The smallest absolute Gasteiger partial charge is 0.375 e. The minimum Gasteiger partial charge on any atom is -0.477 e. The second-order valence-electron chi connectivity index (χ2n) is 3.24. The lowest BCUT2D eigenvalue weighted by Crippen LogP contribution is -2.41. The van der Waals surface area contributed by atoms with Gasteiger partial charge in [0.05, 0.1) is 6.54 Å². The molecule has 2 unspecified atom stereocenters. The summed E-state index contributed by atoms with van der Waals surface area (Å²) in [6, 6.07) is 0. The first-order chi connectivity index (χ1) is 6.33. The van der Waals surface area contributed by atoms with Gasteiger partial charge in [0.1, 0.15) is 12.3 Å². The number of aliphatic carboxylic acids is 1. The fraction of sp³-hybridized carbons (Fsp3) is 0.857. The van der Waals surface area contributed by atoms with Gasteiger partial charge in [-0.15, -0.1) is 0 Å². The van der Waals surface area contributed by atoms with Crippen LogP contribution in [0.3, 0.4) is 0 Å². The average molecular weight is 215 g/mol. The molecule has 1 aliphatic heterocycles. The molecule has 82 valence electrons. The van der Waals surface area contributed by atoms with Crippen molar-refractivity contribution in [3.05, 3.63) is 0 Å². The molecule has 0 bridgehead atoms. The van der Waals surface area contributed by atoms with Gasteiger partial charge in [-0.05, 0) is 0 Å². The van der Waals surface area contributed by atoms with Crippen molar-refractivity contribution < 1.29 is 27.5 Å². The van der Waals surface area contributed by atoms with E-state index in [0.29, 0.717) is 0 Å². The summed E-state index contributed by atoms with van der Waals surface area (Å²) in [6.07, 6.45) is -3.61. The topological polar surface area (TPSA) is 40.5 Å². The van der Waals surface area contributed by atoms with Gasteiger partial charge in [0.2, 0.25) is 0 Å². The summed E-state index contributed by atoms with van der Waals surface area (Å²) in [4.78, 5) is 10.8. The lowest BCUT2D eigenvalue weighted by molar-refractivity contribution is -0.167. The van der Waals surface area contributed by atoms with Crippen LogP contribution in [0.25, 0.3) is 0 Å². The minimum atomic E-state index is -3.95. The number of nitrogens with zero attached hydrogens (tertiary/aromatic N) is 1. The monoisotopic (exact) mass is 215 g/mol.